The first-order valence-electron chi connectivity index (χ1n) is 7.04. The lowest BCUT2D eigenvalue weighted by Gasteiger charge is -2.12. The van der Waals surface area contributed by atoms with E-state index in [0.29, 0.717) is 5.88 Å². The van der Waals surface area contributed by atoms with E-state index >= 15 is 0 Å². The van der Waals surface area contributed by atoms with Crippen LogP contribution in [0.4, 0.5) is 0 Å². The largest absolute Gasteiger partial charge is 0.439 e. The number of rotatable bonds is 5. The topological polar surface area (TPSA) is 48.1 Å². The Morgan fingerprint density at radius 3 is 2.70 bits per heavy atom. The third-order valence-corrected chi connectivity index (χ3v) is 3.31. The maximum atomic E-state index is 5.97. The highest BCUT2D eigenvalue weighted by molar-refractivity contribution is 5.35. The Hall–Kier alpha value is -1.87. The monoisotopic (exact) mass is 270 g/mol. The van der Waals surface area contributed by atoms with E-state index < -0.39 is 0 Å². The van der Waals surface area contributed by atoms with Crippen LogP contribution in [-0.2, 0) is 6.42 Å². The van der Waals surface area contributed by atoms with Gasteiger partial charge in [-0.2, -0.15) is 0 Å². The van der Waals surface area contributed by atoms with Gasteiger partial charge in [-0.1, -0.05) is 19.1 Å². The van der Waals surface area contributed by atoms with E-state index in [1.54, 1.807) is 0 Å². The number of nitrogens with zero attached hydrogens (tertiary/aromatic N) is 1. The minimum Gasteiger partial charge on any atom is -0.439 e. The first kappa shape index (κ1) is 14.5. The summed E-state index contributed by atoms with van der Waals surface area (Å²) in [6, 6.07) is 10.3. The fraction of sp³-hybridized carbons (Fsp3) is 0.353. The van der Waals surface area contributed by atoms with Gasteiger partial charge in [0.2, 0.25) is 5.88 Å². The van der Waals surface area contributed by atoms with E-state index in [-0.39, 0.29) is 6.04 Å². The smallest absolute Gasteiger partial charge is 0.222 e. The zero-order valence-corrected chi connectivity index (χ0v) is 12.4. The van der Waals surface area contributed by atoms with E-state index in [9.17, 15) is 0 Å². The van der Waals surface area contributed by atoms with Crippen molar-refractivity contribution in [1.82, 2.24) is 4.98 Å². The number of hydrogen-bond acceptors (Lipinski definition) is 3. The van der Waals surface area contributed by atoms with Crippen LogP contribution >= 0.6 is 0 Å². The van der Waals surface area contributed by atoms with Gasteiger partial charge in [-0.15, -0.1) is 0 Å². The van der Waals surface area contributed by atoms with Crippen LogP contribution in [0.25, 0.3) is 0 Å². The summed E-state index contributed by atoms with van der Waals surface area (Å²) in [7, 11) is 0. The van der Waals surface area contributed by atoms with Crippen LogP contribution in [0.3, 0.4) is 0 Å². The van der Waals surface area contributed by atoms with Crippen molar-refractivity contribution in [2.24, 2.45) is 5.73 Å². The summed E-state index contributed by atoms with van der Waals surface area (Å²) < 4.78 is 5.83. The van der Waals surface area contributed by atoms with Crippen molar-refractivity contribution in [2.75, 3.05) is 0 Å². The van der Waals surface area contributed by atoms with Gasteiger partial charge in [-0.3, -0.25) is 0 Å². The predicted molar refractivity (Wildman–Crippen MR) is 82.2 cm³/mol. The number of aryl methyl sites for hydroxylation is 2. The Balaban J connectivity index is 2.13. The van der Waals surface area contributed by atoms with Crippen LogP contribution in [0.2, 0.25) is 0 Å². The summed E-state index contributed by atoms with van der Waals surface area (Å²) in [5.41, 5.74) is 9.34. The maximum absolute atomic E-state index is 5.97. The molecular weight excluding hydrogens is 248 g/mol. The minimum absolute atomic E-state index is 0.194. The van der Waals surface area contributed by atoms with Crippen molar-refractivity contribution >= 4 is 0 Å². The second-order valence-corrected chi connectivity index (χ2v) is 5.26. The van der Waals surface area contributed by atoms with E-state index in [0.717, 1.165) is 29.7 Å². The average molecular weight is 270 g/mol. The van der Waals surface area contributed by atoms with Crippen molar-refractivity contribution in [2.45, 2.75) is 39.7 Å². The third-order valence-electron chi connectivity index (χ3n) is 3.31. The Morgan fingerprint density at radius 1 is 1.25 bits per heavy atom. The van der Waals surface area contributed by atoms with E-state index in [4.69, 9.17) is 10.5 Å². The molecule has 1 aromatic heterocycles. The summed E-state index contributed by atoms with van der Waals surface area (Å²) in [6.45, 7) is 6.15. The summed E-state index contributed by atoms with van der Waals surface area (Å²) >= 11 is 0. The zero-order chi connectivity index (χ0) is 14.5. The highest BCUT2D eigenvalue weighted by Crippen LogP contribution is 2.24. The number of nitrogens with two attached hydrogens (primary N) is 1. The van der Waals surface area contributed by atoms with Crippen LogP contribution in [-0.4, -0.2) is 11.0 Å². The molecule has 3 nitrogen and oxygen atoms in total. The number of hydrogen-bond donors (Lipinski definition) is 1. The molecule has 1 atom stereocenters. The molecular formula is C17H22N2O. The molecule has 0 radical (unpaired) electrons. The highest BCUT2D eigenvalue weighted by atomic mass is 16.5. The number of pyridine rings is 1. The Bertz CT molecular complexity index is 581. The van der Waals surface area contributed by atoms with Crippen LogP contribution < -0.4 is 10.5 Å². The number of benzene rings is 1. The van der Waals surface area contributed by atoms with Gasteiger partial charge in [0.1, 0.15) is 5.75 Å². The van der Waals surface area contributed by atoms with Gasteiger partial charge in [-0.05, 0) is 56.0 Å². The number of aromatic nitrogens is 1. The fourth-order valence-electron chi connectivity index (χ4n) is 2.08. The van der Waals surface area contributed by atoms with Crippen molar-refractivity contribution < 1.29 is 4.74 Å². The molecule has 0 saturated carbocycles. The molecule has 2 N–H and O–H groups in total. The number of ether oxygens (including phenoxy) is 1. The van der Waals surface area contributed by atoms with Gasteiger partial charge in [0.15, 0.2) is 0 Å². The molecule has 1 aromatic carbocycles. The molecule has 0 spiro atoms. The zero-order valence-electron chi connectivity index (χ0n) is 12.4. The molecule has 1 heterocycles. The van der Waals surface area contributed by atoms with Gasteiger partial charge in [0, 0.05) is 17.8 Å². The van der Waals surface area contributed by atoms with Gasteiger partial charge < -0.3 is 10.5 Å². The minimum atomic E-state index is 0.194. The van der Waals surface area contributed by atoms with E-state index in [1.165, 1.54) is 5.56 Å². The molecule has 0 aliphatic heterocycles. The molecule has 2 aromatic rings. The molecule has 106 valence electrons. The summed E-state index contributed by atoms with van der Waals surface area (Å²) in [4.78, 5) is 4.41. The molecule has 0 aliphatic carbocycles. The Labute approximate surface area is 120 Å². The lowest BCUT2D eigenvalue weighted by molar-refractivity contribution is 0.458. The fourth-order valence-corrected chi connectivity index (χ4v) is 2.08. The molecule has 20 heavy (non-hydrogen) atoms. The van der Waals surface area contributed by atoms with Gasteiger partial charge in [-0.25, -0.2) is 4.98 Å². The quantitative estimate of drug-likeness (QED) is 0.899. The molecule has 0 amide bonds. The predicted octanol–water partition coefficient (Wildman–Crippen LogP) is 3.77. The third kappa shape index (κ3) is 3.81. The standard InChI is InChI=1S/C17H22N2O/c1-4-15(18)10-14-9-13(3)17(19-11-14)20-16-7-5-6-12(2)8-16/h5-9,11,15H,4,10,18H2,1-3H3. The molecule has 2 rings (SSSR count). The molecule has 0 fully saturated rings. The lowest BCUT2D eigenvalue weighted by Crippen LogP contribution is -2.21. The van der Waals surface area contributed by atoms with Crippen LogP contribution in [0.1, 0.15) is 30.0 Å². The second-order valence-electron chi connectivity index (χ2n) is 5.26. The Kier molecular flexibility index (Phi) is 4.74. The van der Waals surface area contributed by atoms with Crippen LogP contribution in [0, 0.1) is 13.8 Å². The summed E-state index contributed by atoms with van der Waals surface area (Å²) in [6.07, 6.45) is 3.68. The molecule has 0 saturated heterocycles. The van der Waals surface area contributed by atoms with Crippen molar-refractivity contribution in [3.63, 3.8) is 0 Å². The first-order chi connectivity index (χ1) is 9.58. The average Bonchev–Trinajstić information content (AvgIpc) is 2.42. The molecule has 3 heteroatoms. The molecule has 0 aliphatic rings. The van der Waals surface area contributed by atoms with Crippen LogP contribution in [0.15, 0.2) is 36.5 Å². The SMILES string of the molecule is CCC(N)Cc1cnc(Oc2cccc(C)c2)c(C)c1. The normalized spacial score (nSPS) is 12.2. The molecule has 1 unspecified atom stereocenters. The second kappa shape index (κ2) is 6.53. The maximum Gasteiger partial charge on any atom is 0.222 e. The highest BCUT2D eigenvalue weighted by Gasteiger charge is 2.07. The van der Waals surface area contributed by atoms with E-state index in [1.807, 2.05) is 44.3 Å². The van der Waals surface area contributed by atoms with Crippen molar-refractivity contribution in [3.05, 3.63) is 53.2 Å². The first-order valence-corrected chi connectivity index (χ1v) is 7.04. The Morgan fingerprint density at radius 2 is 2.05 bits per heavy atom. The van der Waals surface area contributed by atoms with Gasteiger partial charge in [0.25, 0.3) is 0 Å². The summed E-state index contributed by atoms with van der Waals surface area (Å²) in [5.74, 6) is 1.48. The summed E-state index contributed by atoms with van der Waals surface area (Å²) in [5, 5.41) is 0. The molecule has 0 bridgehead atoms. The van der Waals surface area contributed by atoms with Crippen LogP contribution in [0.5, 0.6) is 11.6 Å². The van der Waals surface area contributed by atoms with E-state index in [2.05, 4.69) is 18.0 Å². The van der Waals surface area contributed by atoms with Crippen molar-refractivity contribution in [3.8, 4) is 11.6 Å². The van der Waals surface area contributed by atoms with Crippen molar-refractivity contribution in [1.29, 1.82) is 0 Å². The lowest BCUT2D eigenvalue weighted by atomic mass is 10.1. The van der Waals surface area contributed by atoms with Gasteiger partial charge >= 0.3 is 0 Å². The van der Waals surface area contributed by atoms with Gasteiger partial charge in [0.05, 0.1) is 0 Å².